The molecular weight excluding hydrogens is 152 g/mol. The first-order valence-corrected chi connectivity index (χ1v) is 4.43. The first-order valence-electron chi connectivity index (χ1n) is 3.43. The van der Waals surface area contributed by atoms with Crippen LogP contribution < -0.4 is 0 Å². The molecule has 0 amide bonds. The van der Waals surface area contributed by atoms with Gasteiger partial charge in [0.1, 0.15) is 0 Å². The first-order chi connectivity index (χ1) is 4.70. The van der Waals surface area contributed by atoms with Gasteiger partial charge in [-0.15, -0.1) is 0 Å². The quantitative estimate of drug-likeness (QED) is 0.576. The molecular formula is C6H13O3S-. The smallest absolute Gasteiger partial charge is 0.0842 e. The molecule has 0 aliphatic heterocycles. The van der Waals surface area contributed by atoms with Gasteiger partial charge in [-0.25, -0.2) is 4.21 Å². The monoisotopic (exact) mass is 165 g/mol. The van der Waals surface area contributed by atoms with Gasteiger partial charge in [0.2, 0.25) is 0 Å². The van der Waals surface area contributed by atoms with Crippen molar-refractivity contribution in [3.63, 3.8) is 0 Å². The molecule has 62 valence electrons. The van der Waals surface area contributed by atoms with E-state index in [1.807, 2.05) is 13.8 Å². The lowest BCUT2D eigenvalue weighted by Crippen LogP contribution is -2.08. The van der Waals surface area contributed by atoms with Crippen molar-refractivity contribution in [3.05, 3.63) is 0 Å². The van der Waals surface area contributed by atoms with E-state index >= 15 is 0 Å². The van der Waals surface area contributed by atoms with E-state index in [1.54, 1.807) is 0 Å². The summed E-state index contributed by atoms with van der Waals surface area (Å²) in [7, 11) is 0. The molecule has 0 saturated carbocycles. The van der Waals surface area contributed by atoms with Crippen LogP contribution in [-0.2, 0) is 15.5 Å². The number of hydrogen-bond acceptors (Lipinski definition) is 3. The Morgan fingerprint density at radius 1 is 1.50 bits per heavy atom. The van der Waals surface area contributed by atoms with Crippen molar-refractivity contribution in [1.82, 2.24) is 0 Å². The summed E-state index contributed by atoms with van der Waals surface area (Å²) in [5.41, 5.74) is 0. The standard InChI is InChI=1S/C6H14O3S/c1-3-6(4-2)5-9-10(7)8/h6H,3-5H2,1-2H3,(H,7,8)/p-1. The van der Waals surface area contributed by atoms with Gasteiger partial charge in [0.25, 0.3) is 0 Å². The fourth-order valence-electron chi connectivity index (χ4n) is 0.676. The SMILES string of the molecule is CCC(CC)COS(=O)[O-]. The Labute approximate surface area is 64.3 Å². The predicted molar refractivity (Wildman–Crippen MR) is 38.9 cm³/mol. The fourth-order valence-corrected chi connectivity index (χ4v) is 0.980. The molecule has 0 bridgehead atoms. The molecule has 0 aromatic carbocycles. The van der Waals surface area contributed by atoms with Crippen LogP contribution in [0.5, 0.6) is 0 Å². The Kier molecular flexibility index (Phi) is 5.87. The highest BCUT2D eigenvalue weighted by Gasteiger charge is 2.02. The molecule has 0 saturated heterocycles. The molecule has 4 heteroatoms. The van der Waals surface area contributed by atoms with E-state index in [2.05, 4.69) is 4.18 Å². The molecule has 0 aliphatic rings. The van der Waals surface area contributed by atoms with Crippen molar-refractivity contribution in [2.75, 3.05) is 6.61 Å². The van der Waals surface area contributed by atoms with E-state index in [0.717, 1.165) is 12.8 Å². The average Bonchev–Trinajstić information content (AvgIpc) is 1.90. The third kappa shape index (κ3) is 4.90. The lowest BCUT2D eigenvalue weighted by atomic mass is 10.1. The Hall–Kier alpha value is 0.0700. The molecule has 0 rings (SSSR count). The number of hydrogen-bond donors (Lipinski definition) is 0. The van der Waals surface area contributed by atoms with Gasteiger partial charge >= 0.3 is 0 Å². The van der Waals surface area contributed by atoms with E-state index in [-0.39, 0.29) is 0 Å². The molecule has 0 heterocycles. The van der Waals surface area contributed by atoms with Crippen LogP contribution in [0.25, 0.3) is 0 Å². The van der Waals surface area contributed by atoms with Crippen LogP contribution in [0.2, 0.25) is 0 Å². The molecule has 0 aromatic rings. The van der Waals surface area contributed by atoms with Gasteiger partial charge in [-0.3, -0.25) is 0 Å². The lowest BCUT2D eigenvalue weighted by Gasteiger charge is -2.12. The van der Waals surface area contributed by atoms with Gasteiger partial charge in [-0.05, 0) is 5.92 Å². The Bertz CT molecular complexity index is 101. The zero-order valence-electron chi connectivity index (χ0n) is 6.33. The van der Waals surface area contributed by atoms with Crippen molar-refractivity contribution in [1.29, 1.82) is 0 Å². The van der Waals surface area contributed by atoms with Gasteiger partial charge in [0, 0.05) is 0 Å². The first kappa shape index (κ1) is 10.1. The number of rotatable bonds is 5. The topological polar surface area (TPSA) is 49.4 Å². The van der Waals surface area contributed by atoms with Crippen LogP contribution in [0.3, 0.4) is 0 Å². The summed E-state index contributed by atoms with van der Waals surface area (Å²) in [5, 5.41) is 0. The van der Waals surface area contributed by atoms with Crippen LogP contribution >= 0.6 is 0 Å². The molecule has 0 N–H and O–H groups in total. The maximum Gasteiger partial charge on any atom is 0.0842 e. The minimum absolute atomic E-state index is 0.323. The maximum absolute atomic E-state index is 9.91. The fraction of sp³-hybridized carbons (Fsp3) is 1.00. The summed E-state index contributed by atoms with van der Waals surface area (Å²) >= 11 is -2.34. The second-order valence-corrected chi connectivity index (χ2v) is 2.82. The summed E-state index contributed by atoms with van der Waals surface area (Å²) in [4.78, 5) is 0. The second kappa shape index (κ2) is 5.82. The summed E-state index contributed by atoms with van der Waals surface area (Å²) in [6, 6.07) is 0. The van der Waals surface area contributed by atoms with Crippen molar-refractivity contribution in [3.8, 4) is 0 Å². The largest absolute Gasteiger partial charge is 0.750 e. The van der Waals surface area contributed by atoms with Crippen LogP contribution in [0.4, 0.5) is 0 Å². The second-order valence-electron chi connectivity index (χ2n) is 2.17. The zero-order valence-corrected chi connectivity index (χ0v) is 7.15. The minimum atomic E-state index is -2.34. The van der Waals surface area contributed by atoms with Gasteiger partial charge < -0.3 is 8.74 Å². The third-order valence-corrected chi connectivity index (χ3v) is 1.88. The molecule has 0 radical (unpaired) electrons. The van der Waals surface area contributed by atoms with E-state index in [1.165, 1.54) is 0 Å². The predicted octanol–water partition coefficient (Wildman–Crippen LogP) is 1.23. The highest BCUT2D eigenvalue weighted by Crippen LogP contribution is 2.07. The van der Waals surface area contributed by atoms with Crippen LogP contribution in [0, 0.1) is 5.92 Å². The zero-order chi connectivity index (χ0) is 7.98. The van der Waals surface area contributed by atoms with E-state index in [9.17, 15) is 8.76 Å². The van der Waals surface area contributed by atoms with Crippen molar-refractivity contribution < 1.29 is 12.9 Å². The van der Waals surface area contributed by atoms with Crippen LogP contribution in [0.1, 0.15) is 26.7 Å². The molecule has 3 nitrogen and oxygen atoms in total. The minimum Gasteiger partial charge on any atom is -0.750 e. The Balaban J connectivity index is 3.34. The third-order valence-electron chi connectivity index (χ3n) is 1.55. The van der Waals surface area contributed by atoms with Crippen molar-refractivity contribution in [2.45, 2.75) is 26.7 Å². The molecule has 0 aliphatic carbocycles. The molecule has 0 spiro atoms. The molecule has 0 aromatic heterocycles. The van der Waals surface area contributed by atoms with Gasteiger partial charge in [-0.1, -0.05) is 26.7 Å². The highest BCUT2D eigenvalue weighted by molar-refractivity contribution is 7.74. The van der Waals surface area contributed by atoms with Crippen LogP contribution in [-0.4, -0.2) is 15.4 Å². The van der Waals surface area contributed by atoms with Gasteiger partial charge in [0.15, 0.2) is 0 Å². The summed E-state index contributed by atoms with van der Waals surface area (Å²) in [5.74, 6) is 0.373. The van der Waals surface area contributed by atoms with Gasteiger partial charge in [-0.2, -0.15) is 0 Å². The summed E-state index contributed by atoms with van der Waals surface area (Å²) in [6.45, 7) is 4.36. The molecule has 1 unspecified atom stereocenters. The molecule has 10 heavy (non-hydrogen) atoms. The van der Waals surface area contributed by atoms with E-state index in [0.29, 0.717) is 12.5 Å². The molecule has 1 atom stereocenters. The van der Waals surface area contributed by atoms with Gasteiger partial charge in [0.05, 0.1) is 18.0 Å². The summed E-state index contributed by atoms with van der Waals surface area (Å²) < 4.78 is 24.2. The maximum atomic E-state index is 9.91. The summed E-state index contributed by atoms with van der Waals surface area (Å²) in [6.07, 6.45) is 1.93. The Morgan fingerprint density at radius 3 is 2.30 bits per heavy atom. The molecule has 0 fully saturated rings. The van der Waals surface area contributed by atoms with Crippen molar-refractivity contribution >= 4 is 11.4 Å². The van der Waals surface area contributed by atoms with E-state index in [4.69, 9.17) is 0 Å². The lowest BCUT2D eigenvalue weighted by molar-refractivity contribution is 0.236. The normalized spacial score (nSPS) is 14.0. The van der Waals surface area contributed by atoms with Crippen molar-refractivity contribution in [2.24, 2.45) is 5.92 Å². The highest BCUT2D eigenvalue weighted by atomic mass is 32.2. The Morgan fingerprint density at radius 2 is 2.00 bits per heavy atom. The van der Waals surface area contributed by atoms with Crippen LogP contribution in [0.15, 0.2) is 0 Å². The average molecular weight is 165 g/mol. The van der Waals surface area contributed by atoms with E-state index < -0.39 is 11.4 Å².